The van der Waals surface area contributed by atoms with E-state index in [1.165, 1.54) is 17.0 Å². The number of hydrogen-bond acceptors (Lipinski definition) is 2. The second-order valence-corrected chi connectivity index (χ2v) is 5.82. The Morgan fingerprint density at radius 3 is 2.74 bits per heavy atom. The Morgan fingerprint density at radius 2 is 2.16 bits per heavy atom. The lowest BCUT2D eigenvalue weighted by Crippen LogP contribution is -2.35. The van der Waals surface area contributed by atoms with Crippen molar-refractivity contribution in [3.05, 3.63) is 34.1 Å². The second kappa shape index (κ2) is 4.92. The lowest BCUT2D eigenvalue weighted by Gasteiger charge is -2.20. The largest absolute Gasteiger partial charge is 0.481 e. The normalized spacial score (nSPS) is 22.6. The molecule has 1 amide bonds. The topological polar surface area (TPSA) is 57.6 Å². The molecule has 1 atom stereocenters. The zero-order chi connectivity index (χ0) is 14.2. The van der Waals surface area contributed by atoms with E-state index in [1.54, 1.807) is 6.92 Å². The number of likely N-dealkylation sites (tertiary alicyclic amines) is 1. The number of amides is 1. The Hall–Kier alpha value is -1.43. The summed E-state index contributed by atoms with van der Waals surface area (Å²) in [6, 6.07) is 3.88. The number of rotatable bonds is 2. The summed E-state index contributed by atoms with van der Waals surface area (Å²) in [6.45, 7) is 2.12. The Labute approximate surface area is 118 Å². The number of carboxylic acid groups (broad SMARTS) is 1. The zero-order valence-corrected chi connectivity index (χ0v) is 11.9. The Morgan fingerprint density at radius 1 is 1.47 bits per heavy atom. The van der Waals surface area contributed by atoms with Gasteiger partial charge in [-0.05, 0) is 47.5 Å². The van der Waals surface area contributed by atoms with Crippen molar-refractivity contribution in [1.82, 2.24) is 4.90 Å². The third kappa shape index (κ3) is 2.63. The van der Waals surface area contributed by atoms with Gasteiger partial charge < -0.3 is 10.0 Å². The summed E-state index contributed by atoms with van der Waals surface area (Å²) in [5.41, 5.74) is -0.704. The van der Waals surface area contributed by atoms with E-state index in [0.29, 0.717) is 17.4 Å². The minimum Gasteiger partial charge on any atom is -0.481 e. The number of hydrogen-bond donors (Lipinski definition) is 1. The molecule has 0 bridgehead atoms. The number of aliphatic carboxylic acids is 1. The van der Waals surface area contributed by atoms with E-state index in [1.807, 2.05) is 0 Å². The molecule has 0 aliphatic carbocycles. The van der Waals surface area contributed by atoms with Gasteiger partial charge in [0.05, 0.1) is 11.0 Å². The summed E-state index contributed by atoms with van der Waals surface area (Å²) in [4.78, 5) is 24.9. The highest BCUT2D eigenvalue weighted by Crippen LogP contribution is 2.32. The van der Waals surface area contributed by atoms with Crippen LogP contribution in [0.25, 0.3) is 0 Å². The molecule has 1 N–H and O–H groups in total. The van der Waals surface area contributed by atoms with E-state index in [9.17, 15) is 14.0 Å². The van der Waals surface area contributed by atoms with Crippen LogP contribution in [-0.4, -0.2) is 35.0 Å². The number of benzene rings is 1. The number of nitrogens with zero attached hydrogens (tertiary/aromatic N) is 1. The first-order valence-electron chi connectivity index (χ1n) is 5.81. The fourth-order valence-corrected chi connectivity index (χ4v) is 2.56. The second-order valence-electron chi connectivity index (χ2n) is 4.97. The van der Waals surface area contributed by atoms with E-state index in [2.05, 4.69) is 15.9 Å². The summed E-state index contributed by atoms with van der Waals surface area (Å²) in [5.74, 6) is -1.76. The monoisotopic (exact) mass is 329 g/mol. The van der Waals surface area contributed by atoms with E-state index < -0.39 is 17.2 Å². The summed E-state index contributed by atoms with van der Waals surface area (Å²) in [6.07, 6.45) is 0.404. The maximum atomic E-state index is 13.2. The molecule has 2 rings (SSSR count). The van der Waals surface area contributed by atoms with Crippen LogP contribution in [0.5, 0.6) is 0 Å². The SMILES string of the molecule is C[C@@]1(C(=O)O)CCN(C(=O)c2cc(F)ccc2Br)C1. The van der Waals surface area contributed by atoms with Crippen molar-refractivity contribution >= 4 is 27.8 Å². The molecule has 6 heteroatoms. The van der Waals surface area contributed by atoms with Crippen LogP contribution in [0.1, 0.15) is 23.7 Å². The minimum absolute atomic E-state index is 0.143. The Balaban J connectivity index is 2.22. The third-order valence-electron chi connectivity index (χ3n) is 3.44. The van der Waals surface area contributed by atoms with E-state index in [0.717, 1.165) is 6.07 Å². The van der Waals surface area contributed by atoms with Gasteiger partial charge in [-0.15, -0.1) is 0 Å². The Kier molecular flexibility index (Phi) is 3.62. The molecule has 0 unspecified atom stereocenters. The quantitative estimate of drug-likeness (QED) is 0.907. The molecule has 1 fully saturated rings. The van der Waals surface area contributed by atoms with Crippen LogP contribution in [0.2, 0.25) is 0 Å². The van der Waals surface area contributed by atoms with Crippen molar-refractivity contribution in [3.8, 4) is 0 Å². The predicted octanol–water partition coefficient (Wildman–Crippen LogP) is 2.53. The van der Waals surface area contributed by atoms with Crippen LogP contribution in [0.15, 0.2) is 22.7 Å². The highest BCUT2D eigenvalue weighted by atomic mass is 79.9. The summed E-state index contributed by atoms with van der Waals surface area (Å²) < 4.78 is 13.7. The minimum atomic E-state index is -0.921. The fourth-order valence-electron chi connectivity index (χ4n) is 2.14. The maximum absolute atomic E-state index is 13.2. The van der Waals surface area contributed by atoms with Crippen LogP contribution in [0.4, 0.5) is 4.39 Å². The average molecular weight is 330 g/mol. The highest BCUT2D eigenvalue weighted by molar-refractivity contribution is 9.10. The van der Waals surface area contributed by atoms with Crippen molar-refractivity contribution < 1.29 is 19.1 Å². The average Bonchev–Trinajstić information content (AvgIpc) is 2.76. The summed E-state index contributed by atoms with van der Waals surface area (Å²) >= 11 is 3.21. The molecule has 1 aliphatic heterocycles. The predicted molar refractivity (Wildman–Crippen MR) is 70.4 cm³/mol. The van der Waals surface area contributed by atoms with E-state index in [4.69, 9.17) is 5.11 Å². The van der Waals surface area contributed by atoms with Crippen LogP contribution >= 0.6 is 15.9 Å². The van der Waals surface area contributed by atoms with Gasteiger partial charge in [0.1, 0.15) is 5.82 Å². The van der Waals surface area contributed by atoms with Crippen molar-refractivity contribution in [2.24, 2.45) is 5.41 Å². The standard InChI is InChI=1S/C13H13BrFNO3/c1-13(12(18)19)4-5-16(7-13)11(17)9-6-8(15)2-3-10(9)14/h2-3,6H,4-5,7H2,1H3,(H,18,19)/t13-/m1/s1. The lowest BCUT2D eigenvalue weighted by molar-refractivity contribution is -0.147. The van der Waals surface area contributed by atoms with Gasteiger partial charge in [0.15, 0.2) is 0 Å². The lowest BCUT2D eigenvalue weighted by atomic mass is 9.90. The fraction of sp³-hybridized carbons (Fsp3) is 0.385. The van der Waals surface area contributed by atoms with Gasteiger partial charge in [-0.25, -0.2) is 4.39 Å². The number of carbonyl (C=O) groups excluding carboxylic acids is 1. The molecule has 1 aliphatic rings. The van der Waals surface area contributed by atoms with Crippen molar-refractivity contribution in [3.63, 3.8) is 0 Å². The molecular weight excluding hydrogens is 317 g/mol. The number of carbonyl (C=O) groups is 2. The molecule has 19 heavy (non-hydrogen) atoms. The number of carboxylic acids is 1. The molecule has 0 radical (unpaired) electrons. The van der Waals surface area contributed by atoms with E-state index >= 15 is 0 Å². The first-order valence-corrected chi connectivity index (χ1v) is 6.60. The molecule has 1 saturated heterocycles. The summed E-state index contributed by atoms with van der Waals surface area (Å²) in [7, 11) is 0. The van der Waals surface area contributed by atoms with Gasteiger partial charge in [-0.2, -0.15) is 0 Å². The van der Waals surface area contributed by atoms with Gasteiger partial charge in [0.25, 0.3) is 5.91 Å². The maximum Gasteiger partial charge on any atom is 0.311 e. The van der Waals surface area contributed by atoms with Gasteiger partial charge in [0.2, 0.25) is 0 Å². The molecule has 0 spiro atoms. The third-order valence-corrected chi connectivity index (χ3v) is 4.13. The van der Waals surface area contributed by atoms with Crippen LogP contribution in [-0.2, 0) is 4.79 Å². The van der Waals surface area contributed by atoms with Crippen LogP contribution in [0, 0.1) is 11.2 Å². The molecular formula is C13H13BrFNO3. The molecule has 1 heterocycles. The first kappa shape index (κ1) is 14.0. The van der Waals surface area contributed by atoms with Crippen LogP contribution < -0.4 is 0 Å². The van der Waals surface area contributed by atoms with Gasteiger partial charge in [-0.1, -0.05) is 0 Å². The van der Waals surface area contributed by atoms with Gasteiger partial charge >= 0.3 is 5.97 Å². The molecule has 0 saturated carbocycles. The highest BCUT2D eigenvalue weighted by Gasteiger charge is 2.42. The Bertz CT molecular complexity index is 549. The molecule has 4 nitrogen and oxygen atoms in total. The first-order chi connectivity index (χ1) is 8.83. The molecule has 1 aromatic rings. The van der Waals surface area contributed by atoms with Gasteiger partial charge in [-0.3, -0.25) is 9.59 Å². The molecule has 102 valence electrons. The zero-order valence-electron chi connectivity index (χ0n) is 10.3. The van der Waals surface area contributed by atoms with Crippen molar-refractivity contribution in [2.75, 3.05) is 13.1 Å². The summed E-state index contributed by atoms with van der Waals surface area (Å²) in [5, 5.41) is 9.13. The van der Waals surface area contributed by atoms with Crippen molar-refractivity contribution in [2.45, 2.75) is 13.3 Å². The van der Waals surface area contributed by atoms with Gasteiger partial charge in [0, 0.05) is 17.6 Å². The smallest absolute Gasteiger partial charge is 0.311 e. The van der Waals surface area contributed by atoms with E-state index in [-0.39, 0.29) is 18.0 Å². The number of halogens is 2. The molecule has 1 aromatic carbocycles. The van der Waals surface area contributed by atoms with Crippen molar-refractivity contribution in [1.29, 1.82) is 0 Å². The molecule has 0 aromatic heterocycles. The van der Waals surface area contributed by atoms with Crippen LogP contribution in [0.3, 0.4) is 0 Å².